The topological polar surface area (TPSA) is 32.8 Å². The highest BCUT2D eigenvalue weighted by atomic mass is 16.6. The number of hydrogen-bond donors (Lipinski definition) is 1. The Labute approximate surface area is 122 Å². The molecule has 2 heteroatoms. The van der Waals surface area contributed by atoms with Crippen LogP contribution in [0.25, 0.3) is 0 Å². The summed E-state index contributed by atoms with van der Waals surface area (Å²) >= 11 is 0. The lowest BCUT2D eigenvalue weighted by Crippen LogP contribution is -2.50. The quantitative estimate of drug-likeness (QED) is 0.687. The molecule has 0 aromatic rings. The third-order valence-corrected chi connectivity index (χ3v) is 8.60. The summed E-state index contributed by atoms with van der Waals surface area (Å²) in [5.41, 5.74) is 0.774. The van der Waals surface area contributed by atoms with Crippen LogP contribution in [0.4, 0.5) is 0 Å². The van der Waals surface area contributed by atoms with Gasteiger partial charge in [0.05, 0.1) is 11.7 Å². The summed E-state index contributed by atoms with van der Waals surface area (Å²) in [5, 5.41) is 10.4. The Morgan fingerprint density at radius 2 is 1.60 bits per heavy atom. The summed E-state index contributed by atoms with van der Waals surface area (Å²) in [6.45, 7) is 4.74. The van der Waals surface area contributed by atoms with E-state index in [0.717, 1.165) is 30.1 Å². The van der Waals surface area contributed by atoms with E-state index >= 15 is 0 Å². The molecule has 2 nitrogen and oxygen atoms in total. The number of ether oxygens (including phenoxy) is 1. The Morgan fingerprint density at radius 1 is 0.850 bits per heavy atom. The van der Waals surface area contributed by atoms with Gasteiger partial charge in [-0.3, -0.25) is 0 Å². The van der Waals surface area contributed by atoms with Gasteiger partial charge in [0.1, 0.15) is 5.60 Å². The zero-order valence-corrected chi connectivity index (χ0v) is 12.9. The minimum atomic E-state index is -0.0321. The first kappa shape index (κ1) is 12.5. The number of rotatable bonds is 0. The van der Waals surface area contributed by atoms with Gasteiger partial charge in [-0.15, -0.1) is 0 Å². The molecule has 0 aromatic carbocycles. The second-order valence-corrected chi connectivity index (χ2v) is 8.98. The van der Waals surface area contributed by atoms with Crippen LogP contribution in [-0.4, -0.2) is 22.4 Å². The first-order valence-electron chi connectivity index (χ1n) is 8.88. The fraction of sp³-hybridized carbons (Fsp3) is 1.00. The van der Waals surface area contributed by atoms with E-state index in [0.29, 0.717) is 5.60 Å². The van der Waals surface area contributed by atoms with Crippen molar-refractivity contribution in [3.05, 3.63) is 0 Å². The predicted molar refractivity (Wildman–Crippen MR) is 77.2 cm³/mol. The van der Waals surface area contributed by atoms with Crippen LogP contribution in [0.15, 0.2) is 0 Å². The van der Waals surface area contributed by atoms with E-state index in [1.165, 1.54) is 44.9 Å². The molecule has 0 radical (unpaired) electrons. The van der Waals surface area contributed by atoms with Crippen LogP contribution in [-0.2, 0) is 4.74 Å². The molecule has 0 amide bonds. The predicted octanol–water partition coefficient (Wildman–Crippen LogP) is 3.52. The summed E-state index contributed by atoms with van der Waals surface area (Å²) < 4.78 is 6.29. The van der Waals surface area contributed by atoms with Crippen molar-refractivity contribution in [2.24, 2.45) is 29.1 Å². The molecule has 4 aliphatic carbocycles. The van der Waals surface area contributed by atoms with Gasteiger partial charge in [-0.25, -0.2) is 0 Å². The molecule has 0 aromatic heterocycles. The zero-order valence-electron chi connectivity index (χ0n) is 12.9. The Kier molecular flexibility index (Phi) is 2.15. The van der Waals surface area contributed by atoms with Gasteiger partial charge < -0.3 is 9.84 Å². The zero-order chi connectivity index (χ0) is 13.8. The maximum atomic E-state index is 10.4. The van der Waals surface area contributed by atoms with Crippen molar-refractivity contribution in [2.75, 3.05) is 0 Å². The van der Waals surface area contributed by atoms with Gasteiger partial charge in [0.25, 0.3) is 0 Å². The Hall–Kier alpha value is -0.0800. The van der Waals surface area contributed by atoms with Gasteiger partial charge in [0.2, 0.25) is 0 Å². The minimum Gasteiger partial charge on any atom is -0.393 e. The van der Waals surface area contributed by atoms with Crippen molar-refractivity contribution in [2.45, 2.75) is 82.5 Å². The van der Waals surface area contributed by atoms with Gasteiger partial charge in [0.15, 0.2) is 0 Å². The van der Waals surface area contributed by atoms with Gasteiger partial charge in [-0.1, -0.05) is 6.92 Å². The monoisotopic (exact) mass is 276 g/mol. The van der Waals surface area contributed by atoms with Gasteiger partial charge in [-0.05, 0) is 87.4 Å². The first-order valence-corrected chi connectivity index (χ1v) is 8.88. The second-order valence-electron chi connectivity index (χ2n) is 8.98. The van der Waals surface area contributed by atoms with Crippen molar-refractivity contribution in [1.82, 2.24) is 0 Å². The Bertz CT molecular complexity index is 444. The van der Waals surface area contributed by atoms with Crippen molar-refractivity contribution < 1.29 is 9.84 Å². The number of fused-ring (bicyclic) bond motifs is 4. The van der Waals surface area contributed by atoms with Crippen LogP contribution >= 0.6 is 0 Å². The van der Waals surface area contributed by atoms with Crippen LogP contribution < -0.4 is 0 Å². The maximum absolute atomic E-state index is 10.4. The van der Waals surface area contributed by atoms with E-state index in [2.05, 4.69) is 13.8 Å². The third kappa shape index (κ3) is 1.18. The summed E-state index contributed by atoms with van der Waals surface area (Å²) in [7, 11) is 0. The van der Waals surface area contributed by atoms with E-state index in [1.807, 2.05) is 0 Å². The summed E-state index contributed by atoms with van der Waals surface area (Å²) in [6.07, 6.45) is 10.3. The number of aliphatic hydroxyl groups excluding tert-OH is 1. The fourth-order valence-electron chi connectivity index (χ4n) is 7.42. The third-order valence-electron chi connectivity index (χ3n) is 8.60. The van der Waals surface area contributed by atoms with Crippen LogP contribution in [0.3, 0.4) is 0 Å². The van der Waals surface area contributed by atoms with Crippen molar-refractivity contribution in [1.29, 1.82) is 0 Å². The van der Waals surface area contributed by atoms with Gasteiger partial charge in [0, 0.05) is 0 Å². The van der Waals surface area contributed by atoms with E-state index in [4.69, 9.17) is 4.74 Å². The molecule has 1 saturated heterocycles. The SMILES string of the molecule is C[C@]12CC[C@H]3[C@@H](CC[C@]45O[C@]4(C)CC[C@H]35)[C@@H]1CC[C@@H]2O. The summed E-state index contributed by atoms with van der Waals surface area (Å²) in [6, 6.07) is 0. The molecule has 20 heavy (non-hydrogen) atoms. The highest BCUT2D eigenvalue weighted by Gasteiger charge is 2.77. The molecule has 0 bridgehead atoms. The molecule has 1 heterocycles. The van der Waals surface area contributed by atoms with Gasteiger partial charge in [-0.2, -0.15) is 0 Å². The molecule has 4 saturated carbocycles. The highest BCUT2D eigenvalue weighted by molar-refractivity contribution is 5.25. The molecule has 1 aliphatic heterocycles. The average molecular weight is 276 g/mol. The van der Waals surface area contributed by atoms with Crippen LogP contribution in [0, 0.1) is 29.1 Å². The first-order chi connectivity index (χ1) is 9.50. The summed E-state index contributed by atoms with van der Waals surface area (Å²) in [4.78, 5) is 0. The molecule has 5 aliphatic rings. The van der Waals surface area contributed by atoms with Crippen molar-refractivity contribution in [3.8, 4) is 0 Å². The smallest absolute Gasteiger partial charge is 0.101 e. The standard InChI is InChI=1S/C18H28O2/c1-16-8-5-12-11(13(16)3-4-15(16)19)6-10-18-14(12)7-9-17(18,2)20-18/h11-15,19H,3-10H2,1-2H3/t11-,12+,13+,14-,15+,16+,17-,18-/m1/s1. The molecule has 1 N–H and O–H groups in total. The fourth-order valence-corrected chi connectivity index (χ4v) is 7.42. The Balaban J connectivity index is 1.48. The van der Waals surface area contributed by atoms with E-state index in [-0.39, 0.29) is 17.1 Å². The van der Waals surface area contributed by atoms with E-state index in [1.54, 1.807) is 0 Å². The van der Waals surface area contributed by atoms with Crippen LogP contribution in [0.5, 0.6) is 0 Å². The highest BCUT2D eigenvalue weighted by Crippen LogP contribution is 2.73. The lowest BCUT2D eigenvalue weighted by atomic mass is 9.52. The largest absolute Gasteiger partial charge is 0.393 e. The normalized spacial score (nSPS) is 67.0. The van der Waals surface area contributed by atoms with Crippen LogP contribution in [0.1, 0.15) is 65.2 Å². The molecule has 5 fully saturated rings. The number of hydrogen-bond acceptors (Lipinski definition) is 2. The second kappa shape index (κ2) is 3.46. The average Bonchev–Trinajstić information content (AvgIpc) is 2.71. The molecular weight excluding hydrogens is 248 g/mol. The molecule has 1 spiro atoms. The molecule has 8 atom stereocenters. The molecule has 112 valence electrons. The lowest BCUT2D eigenvalue weighted by molar-refractivity contribution is -0.0794. The number of epoxide rings is 1. The molecule has 0 unspecified atom stereocenters. The van der Waals surface area contributed by atoms with E-state index in [9.17, 15) is 5.11 Å². The lowest BCUT2D eigenvalue weighted by Gasteiger charge is -2.53. The van der Waals surface area contributed by atoms with Crippen molar-refractivity contribution >= 4 is 0 Å². The Morgan fingerprint density at radius 3 is 2.40 bits per heavy atom. The van der Waals surface area contributed by atoms with Crippen LogP contribution in [0.2, 0.25) is 0 Å². The number of aliphatic hydroxyl groups is 1. The van der Waals surface area contributed by atoms with E-state index < -0.39 is 0 Å². The van der Waals surface area contributed by atoms with Gasteiger partial charge >= 0.3 is 0 Å². The molecule has 5 rings (SSSR count). The molecular formula is C18H28O2. The summed E-state index contributed by atoms with van der Waals surface area (Å²) in [5.74, 6) is 3.41. The maximum Gasteiger partial charge on any atom is 0.101 e. The minimum absolute atomic E-state index is 0.0321. The van der Waals surface area contributed by atoms with Crippen molar-refractivity contribution in [3.63, 3.8) is 0 Å².